The van der Waals surface area contributed by atoms with Crippen molar-refractivity contribution in [3.05, 3.63) is 34.3 Å². The van der Waals surface area contributed by atoms with Gasteiger partial charge in [-0.1, -0.05) is 28.1 Å². The molecule has 1 aromatic rings. The van der Waals surface area contributed by atoms with Gasteiger partial charge in [0.05, 0.1) is 12.6 Å². The Hall–Kier alpha value is -0.870. The summed E-state index contributed by atoms with van der Waals surface area (Å²) in [5.41, 5.74) is 1.11. The lowest BCUT2D eigenvalue weighted by atomic mass is 10.1. The van der Waals surface area contributed by atoms with Crippen molar-refractivity contribution in [2.45, 2.75) is 25.8 Å². The Bertz CT molecular complexity index is 418. The Morgan fingerprint density at radius 2 is 2.28 bits per heavy atom. The standard InChI is InChI=1S/C14H19BrN2O/c1-10(12-3-2-4-13(15)7-12)17-14(18)9-16-8-11-5-6-11/h2-4,7,10-11,16H,5-6,8-9H2,1H3,(H,17,18)/t10-/m1/s1. The summed E-state index contributed by atoms with van der Waals surface area (Å²) in [5, 5.41) is 6.19. The molecule has 2 N–H and O–H groups in total. The molecule has 98 valence electrons. The number of nitrogens with one attached hydrogen (secondary N) is 2. The molecule has 1 saturated carbocycles. The van der Waals surface area contributed by atoms with Crippen molar-refractivity contribution in [2.75, 3.05) is 13.1 Å². The van der Waals surface area contributed by atoms with Gasteiger partial charge in [-0.3, -0.25) is 4.79 Å². The summed E-state index contributed by atoms with van der Waals surface area (Å²) in [6, 6.07) is 8.05. The molecular weight excluding hydrogens is 292 g/mol. The zero-order chi connectivity index (χ0) is 13.0. The third-order valence-electron chi connectivity index (χ3n) is 3.14. The third-order valence-corrected chi connectivity index (χ3v) is 3.63. The largest absolute Gasteiger partial charge is 0.348 e. The number of carbonyl (C=O) groups excluding carboxylic acids is 1. The van der Waals surface area contributed by atoms with E-state index in [4.69, 9.17) is 0 Å². The Labute approximate surface area is 116 Å². The van der Waals surface area contributed by atoms with Crippen molar-refractivity contribution in [2.24, 2.45) is 5.92 Å². The summed E-state index contributed by atoms with van der Waals surface area (Å²) in [7, 11) is 0. The predicted octanol–water partition coefficient (Wildman–Crippen LogP) is 2.63. The molecule has 0 aliphatic heterocycles. The molecule has 0 saturated heterocycles. The average molecular weight is 311 g/mol. The number of amides is 1. The van der Waals surface area contributed by atoms with Crippen LogP contribution in [0.2, 0.25) is 0 Å². The molecule has 2 rings (SSSR count). The van der Waals surface area contributed by atoms with Gasteiger partial charge in [0, 0.05) is 4.47 Å². The minimum absolute atomic E-state index is 0.0396. The highest BCUT2D eigenvalue weighted by Crippen LogP contribution is 2.27. The highest BCUT2D eigenvalue weighted by atomic mass is 79.9. The third kappa shape index (κ3) is 4.42. The second-order valence-corrected chi connectivity index (χ2v) is 5.83. The maximum Gasteiger partial charge on any atom is 0.234 e. The Morgan fingerprint density at radius 3 is 2.94 bits per heavy atom. The van der Waals surface area contributed by atoms with Crippen molar-refractivity contribution in [1.82, 2.24) is 10.6 Å². The molecule has 0 unspecified atom stereocenters. The lowest BCUT2D eigenvalue weighted by molar-refractivity contribution is -0.120. The summed E-state index contributed by atoms with van der Waals surface area (Å²) in [6.07, 6.45) is 2.62. The molecule has 18 heavy (non-hydrogen) atoms. The van der Waals surface area contributed by atoms with E-state index in [1.165, 1.54) is 12.8 Å². The molecule has 1 atom stereocenters. The smallest absolute Gasteiger partial charge is 0.234 e. The van der Waals surface area contributed by atoms with E-state index in [9.17, 15) is 4.79 Å². The first-order valence-electron chi connectivity index (χ1n) is 6.40. The summed E-state index contributed by atoms with van der Waals surface area (Å²) in [6.45, 7) is 3.38. The molecular formula is C14H19BrN2O. The van der Waals surface area contributed by atoms with Crippen LogP contribution in [0, 0.1) is 5.92 Å². The van der Waals surface area contributed by atoms with E-state index in [2.05, 4.69) is 26.6 Å². The molecule has 1 fully saturated rings. The van der Waals surface area contributed by atoms with Crippen molar-refractivity contribution in [3.8, 4) is 0 Å². The maximum atomic E-state index is 11.7. The molecule has 0 aromatic heterocycles. The monoisotopic (exact) mass is 310 g/mol. The van der Waals surface area contributed by atoms with Crippen molar-refractivity contribution >= 4 is 21.8 Å². The highest BCUT2D eigenvalue weighted by Gasteiger charge is 2.20. The minimum Gasteiger partial charge on any atom is -0.348 e. The first kappa shape index (κ1) is 13.6. The van der Waals surface area contributed by atoms with Crippen LogP contribution in [0.5, 0.6) is 0 Å². The lowest BCUT2D eigenvalue weighted by Gasteiger charge is -2.15. The fourth-order valence-electron chi connectivity index (χ4n) is 1.86. The van der Waals surface area contributed by atoms with Crippen molar-refractivity contribution < 1.29 is 4.79 Å². The highest BCUT2D eigenvalue weighted by molar-refractivity contribution is 9.10. The van der Waals surface area contributed by atoms with Gasteiger partial charge in [-0.05, 0) is 49.9 Å². The van der Waals surface area contributed by atoms with Gasteiger partial charge in [0.1, 0.15) is 0 Å². The zero-order valence-corrected chi connectivity index (χ0v) is 12.2. The van der Waals surface area contributed by atoms with E-state index in [1.54, 1.807) is 0 Å². The average Bonchev–Trinajstić information content (AvgIpc) is 3.13. The fourth-order valence-corrected chi connectivity index (χ4v) is 2.28. The Morgan fingerprint density at radius 1 is 1.50 bits per heavy atom. The first-order chi connectivity index (χ1) is 8.65. The number of rotatable bonds is 6. The van der Waals surface area contributed by atoms with Crippen molar-refractivity contribution in [3.63, 3.8) is 0 Å². The molecule has 4 heteroatoms. The molecule has 0 radical (unpaired) electrons. The second-order valence-electron chi connectivity index (χ2n) is 4.92. The summed E-state index contributed by atoms with van der Waals surface area (Å²) in [4.78, 5) is 11.7. The molecule has 1 aliphatic carbocycles. The van der Waals surface area contributed by atoms with Crippen LogP contribution in [0.25, 0.3) is 0 Å². The number of hydrogen-bond donors (Lipinski definition) is 2. The molecule has 0 spiro atoms. The van der Waals surface area contributed by atoms with E-state index in [-0.39, 0.29) is 11.9 Å². The van der Waals surface area contributed by atoms with Crippen molar-refractivity contribution in [1.29, 1.82) is 0 Å². The zero-order valence-electron chi connectivity index (χ0n) is 10.6. The van der Waals surface area contributed by atoms with Gasteiger partial charge >= 0.3 is 0 Å². The van der Waals surface area contributed by atoms with Crippen LogP contribution < -0.4 is 10.6 Å². The van der Waals surface area contributed by atoms with Gasteiger partial charge in [-0.25, -0.2) is 0 Å². The number of hydrogen-bond acceptors (Lipinski definition) is 2. The SMILES string of the molecule is C[C@@H](NC(=O)CNCC1CC1)c1cccc(Br)c1. The van der Waals surface area contributed by atoms with Crippen LogP contribution in [0.4, 0.5) is 0 Å². The minimum atomic E-state index is 0.0396. The van der Waals surface area contributed by atoms with Crippen LogP contribution in [0.3, 0.4) is 0 Å². The van der Waals surface area contributed by atoms with E-state index in [0.29, 0.717) is 6.54 Å². The fraction of sp³-hybridized carbons (Fsp3) is 0.500. The maximum absolute atomic E-state index is 11.7. The number of benzene rings is 1. The van der Waals surface area contributed by atoms with Gasteiger partial charge in [0.15, 0.2) is 0 Å². The van der Waals surface area contributed by atoms with Gasteiger partial charge in [-0.2, -0.15) is 0 Å². The van der Waals surface area contributed by atoms with E-state index in [0.717, 1.165) is 22.5 Å². The molecule has 1 aromatic carbocycles. The first-order valence-corrected chi connectivity index (χ1v) is 7.20. The van der Waals surface area contributed by atoms with Gasteiger partial charge in [0.25, 0.3) is 0 Å². The second kappa shape index (κ2) is 6.34. The van der Waals surface area contributed by atoms with E-state index >= 15 is 0 Å². The van der Waals surface area contributed by atoms with Crippen LogP contribution in [0.15, 0.2) is 28.7 Å². The Kier molecular flexibility index (Phi) is 4.78. The van der Waals surface area contributed by atoms with Crippen LogP contribution >= 0.6 is 15.9 Å². The van der Waals surface area contributed by atoms with Crippen LogP contribution in [-0.4, -0.2) is 19.0 Å². The summed E-state index contributed by atoms with van der Waals surface area (Å²) >= 11 is 3.44. The number of carbonyl (C=O) groups is 1. The Balaban J connectivity index is 1.75. The van der Waals surface area contributed by atoms with E-state index in [1.807, 2.05) is 31.2 Å². The van der Waals surface area contributed by atoms with Crippen LogP contribution in [-0.2, 0) is 4.79 Å². The van der Waals surface area contributed by atoms with E-state index < -0.39 is 0 Å². The quantitative estimate of drug-likeness (QED) is 0.848. The molecule has 0 heterocycles. The molecule has 1 amide bonds. The summed E-state index contributed by atoms with van der Waals surface area (Å²) < 4.78 is 1.04. The van der Waals surface area contributed by atoms with Gasteiger partial charge in [-0.15, -0.1) is 0 Å². The topological polar surface area (TPSA) is 41.1 Å². The predicted molar refractivity (Wildman–Crippen MR) is 76.3 cm³/mol. The van der Waals surface area contributed by atoms with Crippen LogP contribution in [0.1, 0.15) is 31.4 Å². The van der Waals surface area contributed by atoms with Gasteiger partial charge < -0.3 is 10.6 Å². The molecule has 0 bridgehead atoms. The molecule has 1 aliphatic rings. The summed E-state index contributed by atoms with van der Waals surface area (Å²) in [5.74, 6) is 0.864. The van der Waals surface area contributed by atoms with Gasteiger partial charge in [0.2, 0.25) is 5.91 Å². The normalized spacial score (nSPS) is 16.3. The lowest BCUT2D eigenvalue weighted by Crippen LogP contribution is -2.36. The number of halogens is 1. The molecule has 3 nitrogen and oxygen atoms in total.